The van der Waals surface area contributed by atoms with Crippen LogP contribution in [0, 0.1) is 5.82 Å². The molecule has 2 aromatic heterocycles. The quantitative estimate of drug-likeness (QED) is 0.449. The van der Waals surface area contributed by atoms with Gasteiger partial charge in [-0.25, -0.2) is 4.39 Å². The first kappa shape index (κ1) is 23.3. The topological polar surface area (TPSA) is 92.4 Å². The lowest BCUT2D eigenvalue weighted by atomic mass is 10.0. The first-order valence-electron chi connectivity index (χ1n) is 10.6. The molecule has 1 atom stereocenters. The zero-order chi connectivity index (χ0) is 23.3. The van der Waals surface area contributed by atoms with Gasteiger partial charge in [0.2, 0.25) is 0 Å². The van der Waals surface area contributed by atoms with Gasteiger partial charge in [0.1, 0.15) is 18.0 Å². The number of Topliss-reactive ketones (excluding diaryl/α,β-unsaturated/α-hetero) is 1. The lowest BCUT2D eigenvalue weighted by molar-refractivity contribution is -0.140. The normalized spacial score (nSPS) is 12.2. The molecule has 0 aliphatic carbocycles. The molecule has 0 aliphatic heterocycles. The molecule has 0 bridgehead atoms. The highest BCUT2D eigenvalue weighted by atomic mass is 19.1. The summed E-state index contributed by atoms with van der Waals surface area (Å²) in [4.78, 5) is 27.0. The van der Waals surface area contributed by atoms with Gasteiger partial charge in [0, 0.05) is 30.4 Å². The number of carboxylic acids is 1. The molecule has 2 N–H and O–H groups in total. The molecule has 0 aliphatic rings. The fraction of sp³-hybridized carbons (Fsp3) is 0.320. The molecule has 32 heavy (non-hydrogen) atoms. The third kappa shape index (κ3) is 5.68. The molecule has 0 saturated carbocycles. The smallest absolute Gasteiger partial charge is 0.310 e. The fourth-order valence-corrected chi connectivity index (χ4v) is 3.81. The van der Waals surface area contributed by atoms with Gasteiger partial charge >= 0.3 is 5.97 Å². The summed E-state index contributed by atoms with van der Waals surface area (Å²) < 4.78 is 15.7. The number of carbonyl (C=O) groups is 2. The van der Waals surface area contributed by atoms with E-state index in [0.29, 0.717) is 6.54 Å². The Bertz CT molecular complexity index is 1080. The molecule has 0 spiro atoms. The Labute approximate surface area is 186 Å². The van der Waals surface area contributed by atoms with Crippen molar-refractivity contribution in [3.8, 4) is 22.5 Å². The lowest BCUT2D eigenvalue weighted by Crippen LogP contribution is -2.19. The molecule has 168 valence electrons. The van der Waals surface area contributed by atoms with E-state index in [2.05, 4.69) is 29.5 Å². The van der Waals surface area contributed by atoms with Gasteiger partial charge in [0.25, 0.3) is 0 Å². The molecule has 0 saturated heterocycles. The Morgan fingerprint density at radius 1 is 1.12 bits per heavy atom. The van der Waals surface area contributed by atoms with E-state index < -0.39 is 24.3 Å². The first-order chi connectivity index (χ1) is 15.3. The van der Waals surface area contributed by atoms with Crippen LogP contribution in [0.4, 0.5) is 4.39 Å². The number of aliphatic carboxylic acids is 1. The fourth-order valence-electron chi connectivity index (χ4n) is 3.81. The van der Waals surface area contributed by atoms with Crippen molar-refractivity contribution in [2.75, 3.05) is 0 Å². The summed E-state index contributed by atoms with van der Waals surface area (Å²) in [5.41, 5.74) is 4.38. The van der Waals surface area contributed by atoms with Gasteiger partial charge in [0.15, 0.2) is 0 Å². The number of ketones is 1. The van der Waals surface area contributed by atoms with E-state index >= 15 is 0 Å². The van der Waals surface area contributed by atoms with Crippen LogP contribution in [0.5, 0.6) is 0 Å². The number of carbonyl (C=O) groups excluding carboxylic acids is 1. The van der Waals surface area contributed by atoms with Crippen molar-refractivity contribution in [1.82, 2.24) is 9.55 Å². The van der Waals surface area contributed by atoms with Gasteiger partial charge in [-0.3, -0.25) is 14.6 Å². The van der Waals surface area contributed by atoms with Gasteiger partial charge in [-0.15, -0.1) is 0 Å². The van der Waals surface area contributed by atoms with Gasteiger partial charge in [-0.2, -0.15) is 0 Å². The minimum Gasteiger partial charge on any atom is -0.481 e. The van der Waals surface area contributed by atoms with Gasteiger partial charge < -0.3 is 14.8 Å². The second-order valence-corrected chi connectivity index (χ2v) is 8.12. The predicted octanol–water partition coefficient (Wildman–Crippen LogP) is 4.66. The van der Waals surface area contributed by atoms with Gasteiger partial charge in [-0.05, 0) is 60.4 Å². The third-order valence-electron chi connectivity index (χ3n) is 5.28. The van der Waals surface area contributed by atoms with Crippen LogP contribution in [0.25, 0.3) is 22.5 Å². The SMILES string of the molecule is CC(C)c1cc(-c2ccccn2)c(-c2ccc(F)cc2)n1CCC(O)CC(=O)CC(=O)O. The second-order valence-electron chi connectivity index (χ2n) is 8.12. The van der Waals surface area contributed by atoms with Crippen molar-refractivity contribution in [3.05, 3.63) is 66.2 Å². The summed E-state index contributed by atoms with van der Waals surface area (Å²) in [7, 11) is 0. The van der Waals surface area contributed by atoms with Crippen LogP contribution in [-0.2, 0) is 16.1 Å². The Morgan fingerprint density at radius 2 is 1.84 bits per heavy atom. The van der Waals surface area contributed by atoms with Crippen molar-refractivity contribution in [1.29, 1.82) is 0 Å². The summed E-state index contributed by atoms with van der Waals surface area (Å²) in [6, 6.07) is 14.0. The Hall–Kier alpha value is -3.32. The third-order valence-corrected chi connectivity index (χ3v) is 5.28. The summed E-state index contributed by atoms with van der Waals surface area (Å²) in [5, 5.41) is 19.1. The first-order valence-corrected chi connectivity index (χ1v) is 10.6. The zero-order valence-electron chi connectivity index (χ0n) is 18.2. The number of halogens is 1. The monoisotopic (exact) mass is 438 g/mol. The van der Waals surface area contributed by atoms with Gasteiger partial charge in [-0.1, -0.05) is 19.9 Å². The number of hydrogen-bond donors (Lipinski definition) is 2. The van der Waals surface area contributed by atoms with Crippen LogP contribution >= 0.6 is 0 Å². The number of pyridine rings is 1. The summed E-state index contributed by atoms with van der Waals surface area (Å²) in [6.07, 6.45) is 0.235. The molecule has 0 radical (unpaired) electrons. The van der Waals surface area contributed by atoms with Crippen molar-refractivity contribution >= 4 is 11.8 Å². The maximum absolute atomic E-state index is 13.6. The van der Waals surface area contributed by atoms with Crippen molar-refractivity contribution in [2.24, 2.45) is 0 Å². The standard InChI is InChI=1S/C25H27FN2O4/c1-16(2)23-15-21(22-5-3-4-11-27-22)25(17-6-8-18(26)9-7-17)28(23)12-10-19(29)13-20(30)14-24(31)32/h3-9,11,15-16,19,29H,10,12-14H2,1-2H3,(H,31,32). The number of nitrogens with zero attached hydrogens (tertiary/aromatic N) is 2. The van der Waals surface area contributed by atoms with Crippen LogP contribution in [-0.4, -0.2) is 37.6 Å². The number of rotatable bonds is 10. The molecule has 1 unspecified atom stereocenters. The van der Waals surface area contributed by atoms with Gasteiger partial charge in [0.05, 0.1) is 17.5 Å². The maximum atomic E-state index is 13.6. The minimum absolute atomic E-state index is 0.164. The van der Waals surface area contributed by atoms with Crippen LogP contribution in [0.1, 0.15) is 44.7 Å². The zero-order valence-corrected chi connectivity index (χ0v) is 18.2. The van der Waals surface area contributed by atoms with E-state index in [9.17, 15) is 19.1 Å². The summed E-state index contributed by atoms with van der Waals surface area (Å²) >= 11 is 0. The Balaban J connectivity index is 2.00. The number of benzene rings is 1. The number of aliphatic hydroxyl groups is 1. The molecule has 1 aromatic carbocycles. The lowest BCUT2D eigenvalue weighted by Gasteiger charge is -2.18. The number of carboxylic acid groups (broad SMARTS) is 1. The number of hydrogen-bond acceptors (Lipinski definition) is 4. The van der Waals surface area contributed by atoms with Crippen LogP contribution in [0.3, 0.4) is 0 Å². The molecule has 3 rings (SSSR count). The minimum atomic E-state index is -1.20. The Morgan fingerprint density at radius 3 is 2.44 bits per heavy atom. The van der Waals surface area contributed by atoms with E-state index in [1.165, 1.54) is 12.1 Å². The van der Waals surface area contributed by atoms with Crippen molar-refractivity contribution in [3.63, 3.8) is 0 Å². The summed E-state index contributed by atoms with van der Waals surface area (Å²) in [6.45, 7) is 4.54. The number of aliphatic hydroxyl groups excluding tert-OH is 1. The highest BCUT2D eigenvalue weighted by Gasteiger charge is 2.22. The Kier molecular flexibility index (Phi) is 7.53. The molecule has 7 heteroatoms. The molecule has 3 aromatic rings. The van der Waals surface area contributed by atoms with E-state index in [0.717, 1.165) is 28.2 Å². The van der Waals surface area contributed by atoms with Crippen LogP contribution < -0.4 is 0 Å². The maximum Gasteiger partial charge on any atom is 0.310 e. The van der Waals surface area contributed by atoms with Crippen molar-refractivity contribution < 1.29 is 24.2 Å². The van der Waals surface area contributed by atoms with Crippen molar-refractivity contribution in [2.45, 2.75) is 51.7 Å². The average molecular weight is 438 g/mol. The van der Waals surface area contributed by atoms with E-state index in [1.54, 1.807) is 18.3 Å². The van der Waals surface area contributed by atoms with E-state index in [-0.39, 0.29) is 24.6 Å². The molecule has 6 nitrogen and oxygen atoms in total. The second kappa shape index (κ2) is 10.3. The average Bonchev–Trinajstić information content (AvgIpc) is 3.12. The molecular weight excluding hydrogens is 411 g/mol. The van der Waals surface area contributed by atoms with E-state index in [1.807, 2.05) is 18.2 Å². The van der Waals surface area contributed by atoms with Crippen LogP contribution in [0.2, 0.25) is 0 Å². The largest absolute Gasteiger partial charge is 0.481 e. The molecule has 2 heterocycles. The highest BCUT2D eigenvalue weighted by Crippen LogP contribution is 2.37. The predicted molar refractivity (Wildman–Crippen MR) is 120 cm³/mol. The highest BCUT2D eigenvalue weighted by molar-refractivity contribution is 5.94. The number of aromatic nitrogens is 2. The van der Waals surface area contributed by atoms with E-state index in [4.69, 9.17) is 5.11 Å². The summed E-state index contributed by atoms with van der Waals surface area (Å²) in [5.74, 6) is -1.87. The molecular formula is C25H27FN2O4. The molecule has 0 amide bonds. The molecule has 0 fully saturated rings. The van der Waals surface area contributed by atoms with Crippen LogP contribution in [0.15, 0.2) is 54.7 Å².